The number of carbonyl (C=O) groups excluding carboxylic acids is 1. The summed E-state index contributed by atoms with van der Waals surface area (Å²) >= 11 is 12.3. The van der Waals surface area contributed by atoms with E-state index in [-0.39, 0.29) is 33.5 Å². The number of carbonyl (C=O) groups is 1. The predicted molar refractivity (Wildman–Crippen MR) is 117 cm³/mol. The standard InChI is InChI=1S/C22H14Cl2O6S/c1-28-13-5-8-15(9-6-13)31(26,27)30-14-7-10-16-20(11-14)29-21(22(16)25)12-17-18(23)3-2-4-19(17)24/h2-12H,1H3/b21-12-. The zero-order valence-corrected chi connectivity index (χ0v) is 18.3. The van der Waals surface area contributed by atoms with E-state index >= 15 is 0 Å². The molecule has 0 bridgehead atoms. The lowest BCUT2D eigenvalue weighted by molar-refractivity contribution is 0.101. The molecule has 0 saturated carbocycles. The molecule has 3 aromatic rings. The Morgan fingerprint density at radius 1 is 0.935 bits per heavy atom. The monoisotopic (exact) mass is 476 g/mol. The van der Waals surface area contributed by atoms with Crippen LogP contribution in [0.4, 0.5) is 0 Å². The molecule has 3 aromatic carbocycles. The molecule has 0 saturated heterocycles. The molecule has 0 fully saturated rings. The Balaban J connectivity index is 1.60. The van der Waals surface area contributed by atoms with Crippen LogP contribution in [0.5, 0.6) is 17.2 Å². The Morgan fingerprint density at radius 3 is 2.23 bits per heavy atom. The van der Waals surface area contributed by atoms with Crippen LogP contribution in [-0.4, -0.2) is 21.3 Å². The van der Waals surface area contributed by atoms with Crippen molar-refractivity contribution in [3.63, 3.8) is 0 Å². The van der Waals surface area contributed by atoms with Crippen LogP contribution < -0.4 is 13.7 Å². The van der Waals surface area contributed by atoms with Crippen molar-refractivity contribution in [3.05, 3.63) is 87.6 Å². The molecule has 0 unspecified atom stereocenters. The number of ketones is 1. The van der Waals surface area contributed by atoms with Crippen molar-refractivity contribution < 1.29 is 26.9 Å². The molecule has 0 amide bonds. The molecule has 0 spiro atoms. The Bertz CT molecular complexity index is 1290. The summed E-state index contributed by atoms with van der Waals surface area (Å²) < 4.78 is 40.9. The number of Topliss-reactive ketones (excluding diaryl/α,β-unsaturated/α-hetero) is 1. The number of methoxy groups -OCH3 is 1. The van der Waals surface area contributed by atoms with Gasteiger partial charge >= 0.3 is 10.1 Å². The first kappa shape index (κ1) is 21.2. The van der Waals surface area contributed by atoms with Crippen molar-refractivity contribution in [2.75, 3.05) is 7.11 Å². The second-order valence-electron chi connectivity index (χ2n) is 6.45. The minimum Gasteiger partial charge on any atom is -0.497 e. The number of rotatable bonds is 5. The largest absolute Gasteiger partial charge is 0.497 e. The first-order valence-corrected chi connectivity index (χ1v) is 11.1. The van der Waals surface area contributed by atoms with Crippen molar-refractivity contribution in [1.29, 1.82) is 0 Å². The van der Waals surface area contributed by atoms with Crippen molar-refractivity contribution >= 4 is 45.2 Å². The minimum absolute atomic E-state index is 0.000561. The van der Waals surface area contributed by atoms with Gasteiger partial charge in [0, 0.05) is 21.7 Å². The van der Waals surface area contributed by atoms with Crippen LogP contribution in [0.15, 0.2) is 71.3 Å². The van der Waals surface area contributed by atoms with Crippen LogP contribution in [0.3, 0.4) is 0 Å². The minimum atomic E-state index is -4.09. The molecular formula is C22H14Cl2O6S. The number of ether oxygens (including phenoxy) is 2. The lowest BCUT2D eigenvalue weighted by Gasteiger charge is -2.08. The van der Waals surface area contributed by atoms with Crippen LogP contribution in [0, 0.1) is 0 Å². The number of allylic oxidation sites excluding steroid dienone is 1. The summed E-state index contributed by atoms with van der Waals surface area (Å²) in [4.78, 5) is 12.6. The van der Waals surface area contributed by atoms with Crippen LogP contribution in [0.1, 0.15) is 15.9 Å². The van der Waals surface area contributed by atoms with Gasteiger partial charge < -0.3 is 13.7 Å². The van der Waals surface area contributed by atoms with Crippen molar-refractivity contribution in [3.8, 4) is 17.2 Å². The molecule has 0 atom stereocenters. The average molecular weight is 477 g/mol. The number of hydrogen-bond acceptors (Lipinski definition) is 6. The van der Waals surface area contributed by atoms with Crippen molar-refractivity contribution in [1.82, 2.24) is 0 Å². The molecule has 1 aliphatic rings. The highest BCUT2D eigenvalue weighted by Crippen LogP contribution is 2.37. The van der Waals surface area contributed by atoms with E-state index in [1.807, 2.05) is 0 Å². The van der Waals surface area contributed by atoms with E-state index in [1.165, 1.54) is 55.7 Å². The summed E-state index contributed by atoms with van der Waals surface area (Å²) in [7, 11) is -2.61. The summed E-state index contributed by atoms with van der Waals surface area (Å²) in [6.45, 7) is 0. The molecule has 4 rings (SSSR count). The van der Waals surface area contributed by atoms with E-state index in [9.17, 15) is 13.2 Å². The van der Waals surface area contributed by atoms with Gasteiger partial charge in [-0.15, -0.1) is 0 Å². The molecule has 0 N–H and O–H groups in total. The topological polar surface area (TPSA) is 78.9 Å². The maximum Gasteiger partial charge on any atom is 0.339 e. The van der Waals surface area contributed by atoms with E-state index in [4.69, 9.17) is 36.9 Å². The van der Waals surface area contributed by atoms with Crippen LogP contribution >= 0.6 is 23.2 Å². The number of benzene rings is 3. The summed E-state index contributed by atoms with van der Waals surface area (Å²) in [5.41, 5.74) is 0.712. The molecule has 1 heterocycles. The fraction of sp³-hybridized carbons (Fsp3) is 0.0455. The number of hydrogen-bond donors (Lipinski definition) is 0. The number of halogens is 2. The lowest BCUT2D eigenvalue weighted by Crippen LogP contribution is -2.09. The second-order valence-corrected chi connectivity index (χ2v) is 8.81. The summed E-state index contributed by atoms with van der Waals surface area (Å²) in [6.07, 6.45) is 1.45. The van der Waals surface area contributed by atoms with Gasteiger partial charge in [-0.3, -0.25) is 4.79 Å². The Labute approximate surface area is 188 Å². The van der Waals surface area contributed by atoms with E-state index in [1.54, 1.807) is 18.2 Å². The zero-order valence-electron chi connectivity index (χ0n) is 16.0. The fourth-order valence-electron chi connectivity index (χ4n) is 2.92. The van der Waals surface area contributed by atoms with Gasteiger partial charge in [-0.05, 0) is 54.6 Å². The maximum atomic E-state index is 12.7. The maximum absolute atomic E-state index is 12.7. The zero-order chi connectivity index (χ0) is 22.2. The molecule has 1 aliphatic heterocycles. The third kappa shape index (κ3) is 4.25. The number of fused-ring (bicyclic) bond motifs is 1. The first-order valence-electron chi connectivity index (χ1n) is 8.89. The van der Waals surface area contributed by atoms with Crippen molar-refractivity contribution in [2.45, 2.75) is 4.90 Å². The van der Waals surface area contributed by atoms with Gasteiger partial charge in [-0.1, -0.05) is 29.3 Å². The van der Waals surface area contributed by atoms with Crippen LogP contribution in [0.2, 0.25) is 10.0 Å². The molecule has 6 nitrogen and oxygen atoms in total. The van der Waals surface area contributed by atoms with E-state index in [2.05, 4.69) is 0 Å². The molecule has 0 radical (unpaired) electrons. The smallest absolute Gasteiger partial charge is 0.339 e. The normalized spacial score (nSPS) is 14.3. The molecule has 31 heavy (non-hydrogen) atoms. The summed E-state index contributed by atoms with van der Waals surface area (Å²) in [5.74, 6) is 0.318. The molecule has 0 aromatic heterocycles. The van der Waals surface area contributed by atoms with E-state index in [0.717, 1.165) is 0 Å². The van der Waals surface area contributed by atoms with Crippen LogP contribution in [-0.2, 0) is 10.1 Å². The first-order chi connectivity index (χ1) is 14.8. The molecule has 0 aliphatic carbocycles. The second kappa shape index (κ2) is 8.26. The SMILES string of the molecule is COc1ccc(S(=O)(=O)Oc2ccc3c(c2)O/C(=C\c2c(Cl)cccc2Cl)C3=O)cc1. The quantitative estimate of drug-likeness (QED) is 0.363. The Morgan fingerprint density at radius 2 is 1.58 bits per heavy atom. The summed E-state index contributed by atoms with van der Waals surface area (Å²) in [6, 6.07) is 14.9. The van der Waals surface area contributed by atoms with Crippen molar-refractivity contribution in [2.24, 2.45) is 0 Å². The lowest BCUT2D eigenvalue weighted by atomic mass is 10.1. The van der Waals surface area contributed by atoms with Gasteiger partial charge in [-0.2, -0.15) is 8.42 Å². The Hall–Kier alpha value is -3.00. The average Bonchev–Trinajstić information content (AvgIpc) is 3.05. The van der Waals surface area contributed by atoms with Gasteiger partial charge in [0.05, 0.1) is 12.7 Å². The predicted octanol–water partition coefficient (Wildman–Crippen LogP) is 5.39. The highest BCUT2D eigenvalue weighted by Gasteiger charge is 2.29. The highest BCUT2D eigenvalue weighted by atomic mass is 35.5. The van der Waals surface area contributed by atoms with Gasteiger partial charge in [0.15, 0.2) is 5.76 Å². The van der Waals surface area contributed by atoms with Gasteiger partial charge in [0.2, 0.25) is 5.78 Å². The molecular weight excluding hydrogens is 463 g/mol. The molecule has 158 valence electrons. The van der Waals surface area contributed by atoms with E-state index < -0.39 is 10.1 Å². The Kier molecular flexibility index (Phi) is 5.66. The van der Waals surface area contributed by atoms with Gasteiger partial charge in [0.25, 0.3) is 0 Å². The summed E-state index contributed by atoms with van der Waals surface area (Å²) in [5, 5.41) is 0.726. The third-order valence-corrected chi connectivity index (χ3v) is 6.39. The van der Waals surface area contributed by atoms with Gasteiger partial charge in [-0.25, -0.2) is 0 Å². The molecule has 9 heteroatoms. The van der Waals surface area contributed by atoms with E-state index in [0.29, 0.717) is 21.4 Å². The van der Waals surface area contributed by atoms with Gasteiger partial charge in [0.1, 0.15) is 22.1 Å². The fourth-order valence-corrected chi connectivity index (χ4v) is 4.35. The highest BCUT2D eigenvalue weighted by molar-refractivity contribution is 7.87. The third-order valence-electron chi connectivity index (χ3n) is 4.47. The van der Waals surface area contributed by atoms with Crippen LogP contribution in [0.25, 0.3) is 6.08 Å².